The monoisotopic (exact) mass is 228 g/mol. The molecule has 1 aromatic heterocycles. The van der Waals surface area contributed by atoms with Gasteiger partial charge in [-0.05, 0) is 28.7 Å². The molecule has 1 heterocycles. The van der Waals surface area contributed by atoms with Crippen LogP contribution in [0.5, 0.6) is 0 Å². The fourth-order valence-corrected chi connectivity index (χ4v) is 1.61. The Bertz CT molecular complexity index is 506. The van der Waals surface area contributed by atoms with Gasteiger partial charge in [0.2, 0.25) is 12.4 Å². The summed E-state index contributed by atoms with van der Waals surface area (Å²) in [4.78, 5) is 0. The highest BCUT2D eigenvalue weighted by molar-refractivity contribution is 7.78. The molecule has 2 rings (SSSR count). The summed E-state index contributed by atoms with van der Waals surface area (Å²) in [6, 6.07) is 13.8. The molecular formula is C13H12N2S. The average molecular weight is 228 g/mol. The summed E-state index contributed by atoms with van der Waals surface area (Å²) in [5.41, 5.74) is 2.12. The quantitative estimate of drug-likeness (QED) is 0.332. The lowest BCUT2D eigenvalue weighted by Crippen LogP contribution is -2.28. The maximum Gasteiger partial charge on any atom is 0.205 e. The Balaban J connectivity index is 2.32. The van der Waals surface area contributed by atoms with Crippen molar-refractivity contribution in [3.63, 3.8) is 0 Å². The molecule has 0 aliphatic rings. The Morgan fingerprint density at radius 1 is 1.12 bits per heavy atom. The summed E-state index contributed by atoms with van der Waals surface area (Å²) in [7, 11) is 0. The van der Waals surface area contributed by atoms with Crippen molar-refractivity contribution in [1.82, 2.24) is 0 Å². The van der Waals surface area contributed by atoms with Crippen LogP contribution < -0.4 is 4.68 Å². The van der Waals surface area contributed by atoms with Gasteiger partial charge in [0, 0.05) is 11.6 Å². The molecule has 0 amide bonds. The van der Waals surface area contributed by atoms with E-state index in [0.29, 0.717) is 5.04 Å². The summed E-state index contributed by atoms with van der Waals surface area (Å²) in [6.45, 7) is 2.03. The van der Waals surface area contributed by atoms with Gasteiger partial charge in [-0.25, -0.2) is 0 Å². The minimum atomic E-state index is 0.594. The number of hydrogen-bond donors (Lipinski definition) is 0. The normalized spacial score (nSPS) is 11.4. The van der Waals surface area contributed by atoms with Crippen LogP contribution in [-0.4, -0.2) is 5.04 Å². The molecule has 16 heavy (non-hydrogen) atoms. The Labute approximate surface area is 101 Å². The molecule has 0 N–H and O–H groups in total. The molecule has 0 aliphatic heterocycles. The predicted molar refractivity (Wildman–Crippen MR) is 67.1 cm³/mol. The number of aryl methyl sites for hydroxylation is 1. The van der Waals surface area contributed by atoms with Crippen molar-refractivity contribution in [2.24, 2.45) is 5.10 Å². The molecule has 0 fully saturated rings. The first-order valence-corrected chi connectivity index (χ1v) is 5.46. The van der Waals surface area contributed by atoms with Gasteiger partial charge in [-0.2, -0.15) is 0 Å². The lowest BCUT2D eigenvalue weighted by atomic mass is 10.2. The molecule has 0 radical (unpaired) electrons. The van der Waals surface area contributed by atoms with E-state index >= 15 is 0 Å². The third kappa shape index (κ3) is 2.64. The van der Waals surface area contributed by atoms with E-state index in [0.717, 1.165) is 11.1 Å². The Morgan fingerprint density at radius 2 is 1.88 bits per heavy atom. The van der Waals surface area contributed by atoms with Crippen molar-refractivity contribution in [1.29, 1.82) is 0 Å². The topological polar surface area (TPSA) is 16.2 Å². The first kappa shape index (κ1) is 10.8. The van der Waals surface area contributed by atoms with Gasteiger partial charge in [0.25, 0.3) is 0 Å². The van der Waals surface area contributed by atoms with Gasteiger partial charge in [-0.15, -0.1) is 0 Å². The molecule has 80 valence electrons. The molecule has 0 atom stereocenters. The van der Waals surface area contributed by atoms with E-state index in [2.05, 4.69) is 5.10 Å². The summed E-state index contributed by atoms with van der Waals surface area (Å²) in [6.07, 6.45) is 3.82. The van der Waals surface area contributed by atoms with E-state index in [1.165, 1.54) is 0 Å². The molecule has 2 aromatic rings. The smallest absolute Gasteiger partial charge is 0.205 e. The molecule has 0 spiro atoms. The second kappa shape index (κ2) is 4.86. The zero-order valence-corrected chi connectivity index (χ0v) is 9.82. The molecule has 0 bridgehead atoms. The van der Waals surface area contributed by atoms with Crippen LogP contribution in [0.4, 0.5) is 0 Å². The standard InChI is InChI=1S/C13H12N2S/c1-11-6-5-9-15(10-11)14-13(16)12-7-3-2-4-8-12/h2-10H,1H3. The van der Waals surface area contributed by atoms with Crippen LogP contribution in [0, 0.1) is 6.92 Å². The van der Waals surface area contributed by atoms with E-state index in [-0.39, 0.29) is 0 Å². The molecule has 0 unspecified atom stereocenters. The van der Waals surface area contributed by atoms with Gasteiger partial charge < -0.3 is 12.6 Å². The number of nitrogens with zero attached hydrogens (tertiary/aromatic N) is 2. The third-order valence-electron chi connectivity index (χ3n) is 2.16. The molecule has 0 aliphatic carbocycles. The van der Waals surface area contributed by atoms with Crippen LogP contribution in [0.25, 0.3) is 0 Å². The van der Waals surface area contributed by atoms with E-state index in [1.54, 1.807) is 4.68 Å². The van der Waals surface area contributed by atoms with Crippen LogP contribution in [0.15, 0.2) is 60.0 Å². The number of pyridine rings is 1. The lowest BCUT2D eigenvalue weighted by molar-refractivity contribution is -0.678. The highest BCUT2D eigenvalue weighted by Gasteiger charge is 1.97. The lowest BCUT2D eigenvalue weighted by Gasteiger charge is -2.06. The average Bonchev–Trinajstić information content (AvgIpc) is 2.30. The van der Waals surface area contributed by atoms with Gasteiger partial charge in [-0.1, -0.05) is 35.0 Å². The second-order valence-corrected chi connectivity index (χ2v) is 3.92. The summed E-state index contributed by atoms with van der Waals surface area (Å²) in [5.74, 6) is 0. The second-order valence-electron chi connectivity index (χ2n) is 3.53. The van der Waals surface area contributed by atoms with Crippen LogP contribution >= 0.6 is 0 Å². The fraction of sp³-hybridized carbons (Fsp3) is 0.0769. The van der Waals surface area contributed by atoms with Crippen molar-refractivity contribution < 1.29 is 4.68 Å². The maximum absolute atomic E-state index is 5.26. The van der Waals surface area contributed by atoms with Gasteiger partial charge in [0.15, 0.2) is 0 Å². The zero-order chi connectivity index (χ0) is 11.4. The Morgan fingerprint density at radius 3 is 2.56 bits per heavy atom. The van der Waals surface area contributed by atoms with Gasteiger partial charge in [0.05, 0.1) is 0 Å². The van der Waals surface area contributed by atoms with Crippen molar-refractivity contribution in [3.05, 3.63) is 66.0 Å². The molecule has 1 aromatic carbocycles. The molecular weight excluding hydrogens is 216 g/mol. The van der Waals surface area contributed by atoms with E-state index in [1.807, 2.05) is 61.8 Å². The first-order chi connectivity index (χ1) is 7.75. The van der Waals surface area contributed by atoms with E-state index in [4.69, 9.17) is 12.6 Å². The van der Waals surface area contributed by atoms with Crippen LogP contribution in [0.3, 0.4) is 0 Å². The molecule has 0 saturated carbocycles. The Hall–Kier alpha value is -1.74. The summed E-state index contributed by atoms with van der Waals surface area (Å²) >= 11 is 5.26. The number of benzene rings is 1. The Kier molecular flexibility index (Phi) is 3.27. The number of aromatic nitrogens is 1. The van der Waals surface area contributed by atoms with Crippen molar-refractivity contribution >= 4 is 17.7 Å². The first-order valence-electron chi connectivity index (χ1n) is 5.05. The highest BCUT2D eigenvalue weighted by Crippen LogP contribution is 1.99. The van der Waals surface area contributed by atoms with Crippen LogP contribution in [0.1, 0.15) is 11.1 Å². The van der Waals surface area contributed by atoms with Crippen LogP contribution in [0.2, 0.25) is 0 Å². The number of hydrogen-bond acceptors (Lipinski definition) is 2. The van der Waals surface area contributed by atoms with E-state index < -0.39 is 0 Å². The van der Waals surface area contributed by atoms with Gasteiger partial charge in [0.1, 0.15) is 0 Å². The minimum Gasteiger partial charge on any atom is -0.754 e. The largest absolute Gasteiger partial charge is 0.754 e. The van der Waals surface area contributed by atoms with Gasteiger partial charge in [-0.3, -0.25) is 0 Å². The summed E-state index contributed by atoms with van der Waals surface area (Å²) in [5, 5.41) is 4.93. The molecule has 2 nitrogen and oxygen atoms in total. The minimum absolute atomic E-state index is 0.594. The van der Waals surface area contributed by atoms with Crippen LogP contribution in [-0.2, 0) is 12.6 Å². The SMILES string of the molecule is Cc1ccc[n+](/N=C(/[S-])c2ccccc2)c1. The number of rotatable bonds is 2. The van der Waals surface area contributed by atoms with E-state index in [9.17, 15) is 0 Å². The van der Waals surface area contributed by atoms with Crippen molar-refractivity contribution in [2.75, 3.05) is 0 Å². The highest BCUT2D eigenvalue weighted by atomic mass is 32.1. The van der Waals surface area contributed by atoms with Gasteiger partial charge >= 0.3 is 0 Å². The fourth-order valence-electron chi connectivity index (χ4n) is 1.38. The predicted octanol–water partition coefficient (Wildman–Crippen LogP) is 2.04. The van der Waals surface area contributed by atoms with Crippen molar-refractivity contribution in [3.8, 4) is 0 Å². The zero-order valence-electron chi connectivity index (χ0n) is 9.00. The summed E-state index contributed by atoms with van der Waals surface area (Å²) < 4.78 is 1.74. The maximum atomic E-state index is 5.26. The third-order valence-corrected chi connectivity index (χ3v) is 2.48. The van der Waals surface area contributed by atoms with Crippen molar-refractivity contribution in [2.45, 2.75) is 6.92 Å². The molecule has 3 heteroatoms. The molecule has 0 saturated heterocycles.